The molecule has 0 unspecified atom stereocenters. The van der Waals surface area contributed by atoms with Gasteiger partial charge in [0.15, 0.2) is 5.11 Å². The van der Waals surface area contributed by atoms with Crippen LogP contribution in [-0.4, -0.2) is 16.2 Å². The quantitative estimate of drug-likeness (QED) is 0.719. The fourth-order valence-electron chi connectivity index (χ4n) is 1.71. The lowest BCUT2D eigenvalue weighted by atomic mass is 10.1. The number of aromatic carboxylic acids is 1. The van der Waals surface area contributed by atoms with Crippen molar-refractivity contribution in [2.24, 2.45) is 0 Å². The Balaban J connectivity index is 1.92. The number of nitrogens with one attached hydrogen (secondary N) is 2. The SMILES string of the molecule is O=C(O)c1ccc(CNC(=S)Nc2cccc(Cl)c2Cl)cc1. The molecule has 0 spiro atoms. The molecule has 0 atom stereocenters. The number of thiocarbonyl (C=S) groups is 1. The first-order valence-electron chi connectivity index (χ1n) is 6.28. The summed E-state index contributed by atoms with van der Waals surface area (Å²) in [7, 11) is 0. The monoisotopic (exact) mass is 354 g/mol. The molecule has 7 heteroatoms. The van der Waals surface area contributed by atoms with E-state index in [-0.39, 0.29) is 5.56 Å². The Morgan fingerprint density at radius 2 is 1.82 bits per heavy atom. The number of hydrogen-bond acceptors (Lipinski definition) is 2. The zero-order chi connectivity index (χ0) is 16.1. The zero-order valence-corrected chi connectivity index (χ0v) is 13.6. The summed E-state index contributed by atoms with van der Waals surface area (Å²) in [5.41, 5.74) is 1.77. The lowest BCUT2D eigenvalue weighted by molar-refractivity contribution is 0.0697. The minimum atomic E-state index is -0.952. The van der Waals surface area contributed by atoms with Crippen molar-refractivity contribution in [1.29, 1.82) is 0 Å². The van der Waals surface area contributed by atoms with E-state index in [1.807, 2.05) is 0 Å². The smallest absolute Gasteiger partial charge is 0.335 e. The molecule has 0 heterocycles. The molecule has 0 saturated heterocycles. The van der Waals surface area contributed by atoms with Crippen molar-refractivity contribution in [2.75, 3.05) is 5.32 Å². The summed E-state index contributed by atoms with van der Waals surface area (Å²) in [6, 6.07) is 11.8. The van der Waals surface area contributed by atoms with Crippen LogP contribution in [0.3, 0.4) is 0 Å². The fraction of sp³-hybridized carbons (Fsp3) is 0.0667. The number of halogens is 2. The number of benzene rings is 2. The van der Waals surface area contributed by atoms with Crippen LogP contribution in [0.15, 0.2) is 42.5 Å². The maximum atomic E-state index is 10.8. The van der Waals surface area contributed by atoms with Crippen LogP contribution in [0, 0.1) is 0 Å². The molecule has 0 saturated carbocycles. The molecule has 4 nitrogen and oxygen atoms in total. The first-order chi connectivity index (χ1) is 10.5. The van der Waals surface area contributed by atoms with Gasteiger partial charge in [-0.2, -0.15) is 0 Å². The van der Waals surface area contributed by atoms with Crippen LogP contribution in [0.1, 0.15) is 15.9 Å². The summed E-state index contributed by atoms with van der Waals surface area (Å²) in [5, 5.41) is 16.1. The topological polar surface area (TPSA) is 61.4 Å². The van der Waals surface area contributed by atoms with Crippen LogP contribution in [0.5, 0.6) is 0 Å². The third-order valence-corrected chi connectivity index (χ3v) is 3.92. The van der Waals surface area contributed by atoms with Gasteiger partial charge in [0.25, 0.3) is 0 Å². The van der Waals surface area contributed by atoms with Crippen molar-refractivity contribution < 1.29 is 9.90 Å². The summed E-state index contributed by atoms with van der Waals surface area (Å²) >= 11 is 17.2. The minimum Gasteiger partial charge on any atom is -0.478 e. The van der Waals surface area contributed by atoms with Gasteiger partial charge in [0.1, 0.15) is 0 Å². The molecule has 0 aliphatic carbocycles. The van der Waals surface area contributed by atoms with E-state index >= 15 is 0 Å². The molecule has 3 N–H and O–H groups in total. The third kappa shape index (κ3) is 4.34. The highest BCUT2D eigenvalue weighted by atomic mass is 35.5. The highest BCUT2D eigenvalue weighted by molar-refractivity contribution is 7.80. The van der Waals surface area contributed by atoms with Gasteiger partial charge < -0.3 is 15.7 Å². The molecule has 22 heavy (non-hydrogen) atoms. The van der Waals surface area contributed by atoms with Crippen molar-refractivity contribution in [3.05, 3.63) is 63.6 Å². The van der Waals surface area contributed by atoms with Gasteiger partial charge in [0.2, 0.25) is 0 Å². The van der Waals surface area contributed by atoms with E-state index in [0.717, 1.165) is 5.56 Å². The summed E-state index contributed by atoms with van der Waals surface area (Å²) in [4.78, 5) is 10.8. The van der Waals surface area contributed by atoms with Gasteiger partial charge in [-0.3, -0.25) is 0 Å². The van der Waals surface area contributed by atoms with Gasteiger partial charge in [-0.05, 0) is 42.0 Å². The molecule has 0 bridgehead atoms. The van der Waals surface area contributed by atoms with E-state index in [1.165, 1.54) is 0 Å². The zero-order valence-electron chi connectivity index (χ0n) is 11.3. The summed E-state index contributed by atoms with van der Waals surface area (Å²) in [6.07, 6.45) is 0. The van der Waals surface area contributed by atoms with E-state index in [1.54, 1.807) is 42.5 Å². The van der Waals surface area contributed by atoms with Crippen molar-refractivity contribution in [3.63, 3.8) is 0 Å². The average Bonchev–Trinajstić information content (AvgIpc) is 2.50. The number of carboxylic acids is 1. The van der Waals surface area contributed by atoms with Crippen LogP contribution in [-0.2, 0) is 6.54 Å². The van der Waals surface area contributed by atoms with Crippen LogP contribution in [0.4, 0.5) is 5.69 Å². The number of hydrogen-bond donors (Lipinski definition) is 3. The molecular weight excluding hydrogens is 343 g/mol. The van der Waals surface area contributed by atoms with Crippen molar-refractivity contribution in [3.8, 4) is 0 Å². The normalized spacial score (nSPS) is 10.1. The predicted molar refractivity (Wildman–Crippen MR) is 92.9 cm³/mol. The predicted octanol–water partition coefficient (Wildman–Crippen LogP) is 4.18. The number of carbonyl (C=O) groups is 1. The summed E-state index contributed by atoms with van der Waals surface area (Å²) < 4.78 is 0. The second kappa shape index (κ2) is 7.45. The Morgan fingerprint density at radius 3 is 2.45 bits per heavy atom. The molecule has 0 aliphatic rings. The van der Waals surface area contributed by atoms with E-state index < -0.39 is 5.97 Å². The number of anilines is 1. The third-order valence-electron chi connectivity index (χ3n) is 2.85. The van der Waals surface area contributed by atoms with E-state index in [4.69, 9.17) is 40.5 Å². The second-order valence-corrected chi connectivity index (χ2v) is 5.60. The maximum absolute atomic E-state index is 10.8. The van der Waals surface area contributed by atoms with E-state index in [9.17, 15) is 4.79 Å². The first kappa shape index (κ1) is 16.5. The van der Waals surface area contributed by atoms with Crippen LogP contribution in [0.2, 0.25) is 10.0 Å². The van der Waals surface area contributed by atoms with E-state index in [2.05, 4.69) is 10.6 Å². The highest BCUT2D eigenvalue weighted by Crippen LogP contribution is 2.29. The van der Waals surface area contributed by atoms with Gasteiger partial charge in [-0.25, -0.2) is 4.79 Å². The molecule has 2 aromatic rings. The van der Waals surface area contributed by atoms with Crippen LogP contribution in [0.25, 0.3) is 0 Å². The van der Waals surface area contributed by atoms with Crippen LogP contribution < -0.4 is 10.6 Å². The lowest BCUT2D eigenvalue weighted by Gasteiger charge is -2.12. The Bertz CT molecular complexity index is 705. The Morgan fingerprint density at radius 1 is 1.14 bits per heavy atom. The highest BCUT2D eigenvalue weighted by Gasteiger charge is 2.06. The van der Waals surface area contributed by atoms with Gasteiger partial charge in [-0.15, -0.1) is 0 Å². The average molecular weight is 355 g/mol. The number of carboxylic acid groups (broad SMARTS) is 1. The van der Waals surface area contributed by atoms with Crippen molar-refractivity contribution in [1.82, 2.24) is 5.32 Å². The molecule has 0 amide bonds. The Kier molecular flexibility index (Phi) is 5.60. The molecule has 0 aromatic heterocycles. The van der Waals surface area contributed by atoms with E-state index in [0.29, 0.717) is 27.4 Å². The maximum Gasteiger partial charge on any atom is 0.335 e. The molecule has 114 valence electrons. The van der Waals surface area contributed by atoms with Gasteiger partial charge in [0.05, 0.1) is 21.3 Å². The molecule has 2 rings (SSSR count). The van der Waals surface area contributed by atoms with Gasteiger partial charge in [0, 0.05) is 6.54 Å². The Labute approximate surface area is 143 Å². The number of rotatable bonds is 4. The van der Waals surface area contributed by atoms with Gasteiger partial charge >= 0.3 is 5.97 Å². The standard InChI is InChI=1S/C15H12Cl2N2O2S/c16-11-2-1-3-12(13(11)17)19-15(22)18-8-9-4-6-10(7-5-9)14(20)21/h1-7H,8H2,(H,20,21)(H2,18,19,22). The molecule has 2 aromatic carbocycles. The summed E-state index contributed by atoms with van der Waals surface area (Å²) in [6.45, 7) is 0.462. The first-order valence-corrected chi connectivity index (χ1v) is 7.45. The molecule has 0 radical (unpaired) electrons. The minimum absolute atomic E-state index is 0.246. The van der Waals surface area contributed by atoms with Crippen molar-refractivity contribution in [2.45, 2.75) is 6.54 Å². The van der Waals surface area contributed by atoms with Gasteiger partial charge in [-0.1, -0.05) is 41.4 Å². The lowest BCUT2D eigenvalue weighted by Crippen LogP contribution is -2.28. The second-order valence-electron chi connectivity index (χ2n) is 4.41. The fourth-order valence-corrected chi connectivity index (χ4v) is 2.24. The molecule has 0 aliphatic heterocycles. The molecule has 0 fully saturated rings. The van der Waals surface area contributed by atoms with Crippen molar-refractivity contribution >= 4 is 52.2 Å². The largest absolute Gasteiger partial charge is 0.478 e. The molecular formula is C15H12Cl2N2O2S. The summed E-state index contributed by atoms with van der Waals surface area (Å²) in [5.74, 6) is -0.952. The Hall–Kier alpha value is -1.82. The van der Waals surface area contributed by atoms with Crippen LogP contribution >= 0.6 is 35.4 Å².